The molecule has 0 aliphatic carbocycles. The molecule has 0 atom stereocenters. The SMILES string of the molecule is Cc1nnc(NC2CCN(CC(N)=O)CC2)c(C#N)c1C. The van der Waals surface area contributed by atoms with Crippen LogP contribution < -0.4 is 11.1 Å². The molecule has 2 heterocycles. The second-order valence-corrected chi connectivity index (χ2v) is 5.41. The van der Waals surface area contributed by atoms with Gasteiger partial charge in [0, 0.05) is 19.1 Å². The summed E-state index contributed by atoms with van der Waals surface area (Å²) >= 11 is 0. The fourth-order valence-corrected chi connectivity index (χ4v) is 2.50. The molecule has 2 rings (SSSR count). The summed E-state index contributed by atoms with van der Waals surface area (Å²) in [5.74, 6) is 0.252. The van der Waals surface area contributed by atoms with Gasteiger partial charge in [-0.15, -0.1) is 5.10 Å². The summed E-state index contributed by atoms with van der Waals surface area (Å²) in [5, 5.41) is 20.8. The molecule has 0 unspecified atom stereocenters. The first-order chi connectivity index (χ1) is 10.0. The van der Waals surface area contributed by atoms with E-state index in [1.54, 1.807) is 0 Å². The van der Waals surface area contributed by atoms with Gasteiger partial charge in [-0.25, -0.2) is 0 Å². The van der Waals surface area contributed by atoms with Gasteiger partial charge < -0.3 is 11.1 Å². The summed E-state index contributed by atoms with van der Waals surface area (Å²) in [6, 6.07) is 2.43. The number of carbonyl (C=O) groups excluding carboxylic acids is 1. The number of piperidine rings is 1. The molecule has 3 N–H and O–H groups in total. The van der Waals surface area contributed by atoms with Crippen LogP contribution in [-0.4, -0.2) is 46.7 Å². The first-order valence-corrected chi connectivity index (χ1v) is 7.02. The van der Waals surface area contributed by atoms with Crippen molar-refractivity contribution in [2.24, 2.45) is 5.73 Å². The van der Waals surface area contributed by atoms with Gasteiger partial charge in [0.2, 0.25) is 5.91 Å². The average molecular weight is 288 g/mol. The van der Waals surface area contributed by atoms with Crippen LogP contribution >= 0.6 is 0 Å². The third-order valence-corrected chi connectivity index (χ3v) is 3.87. The van der Waals surface area contributed by atoms with E-state index in [2.05, 4.69) is 21.6 Å². The number of aromatic nitrogens is 2. The highest BCUT2D eigenvalue weighted by molar-refractivity contribution is 5.75. The lowest BCUT2D eigenvalue weighted by atomic mass is 10.0. The van der Waals surface area contributed by atoms with Crippen LogP contribution in [-0.2, 0) is 4.79 Å². The van der Waals surface area contributed by atoms with Crippen molar-refractivity contribution in [1.29, 1.82) is 5.26 Å². The number of primary amides is 1. The van der Waals surface area contributed by atoms with Gasteiger partial charge in [-0.3, -0.25) is 9.69 Å². The lowest BCUT2D eigenvalue weighted by Crippen LogP contribution is -2.43. The molecule has 1 saturated heterocycles. The van der Waals surface area contributed by atoms with E-state index in [0.29, 0.717) is 17.9 Å². The van der Waals surface area contributed by atoms with E-state index in [0.717, 1.165) is 37.2 Å². The Morgan fingerprint density at radius 1 is 1.43 bits per heavy atom. The summed E-state index contributed by atoms with van der Waals surface area (Å²) in [6.45, 7) is 5.64. The highest BCUT2D eigenvalue weighted by Gasteiger charge is 2.22. The van der Waals surface area contributed by atoms with E-state index >= 15 is 0 Å². The topological polar surface area (TPSA) is 108 Å². The maximum absolute atomic E-state index is 10.9. The predicted molar refractivity (Wildman–Crippen MR) is 78.5 cm³/mol. The largest absolute Gasteiger partial charge is 0.369 e. The Labute approximate surface area is 124 Å². The molecule has 1 aromatic heterocycles. The second kappa shape index (κ2) is 6.50. The number of hydrogen-bond donors (Lipinski definition) is 2. The lowest BCUT2D eigenvalue weighted by molar-refractivity contribution is -0.119. The molecule has 21 heavy (non-hydrogen) atoms. The number of aryl methyl sites for hydroxylation is 1. The number of nitriles is 1. The van der Waals surface area contributed by atoms with Gasteiger partial charge in [0.05, 0.1) is 12.2 Å². The third-order valence-electron chi connectivity index (χ3n) is 3.87. The molecule has 0 saturated carbocycles. The minimum absolute atomic E-state index is 0.234. The zero-order valence-electron chi connectivity index (χ0n) is 12.4. The molecular formula is C14H20N6O. The van der Waals surface area contributed by atoms with E-state index < -0.39 is 0 Å². The molecular weight excluding hydrogens is 268 g/mol. The van der Waals surface area contributed by atoms with Crippen molar-refractivity contribution in [1.82, 2.24) is 15.1 Å². The van der Waals surface area contributed by atoms with Crippen LogP contribution in [0.1, 0.15) is 29.7 Å². The molecule has 1 aliphatic heterocycles. The Morgan fingerprint density at radius 2 is 2.10 bits per heavy atom. The normalized spacial score (nSPS) is 16.4. The molecule has 112 valence electrons. The molecule has 0 aromatic carbocycles. The standard InChI is InChI=1S/C14H20N6O/c1-9-10(2)18-19-14(12(9)7-15)17-11-3-5-20(6-4-11)8-13(16)21/h11H,3-6,8H2,1-2H3,(H2,16,21)(H,17,19). The van der Waals surface area contributed by atoms with Gasteiger partial charge >= 0.3 is 0 Å². The molecule has 0 radical (unpaired) electrons. The molecule has 1 aliphatic rings. The van der Waals surface area contributed by atoms with Gasteiger partial charge in [0.15, 0.2) is 5.82 Å². The smallest absolute Gasteiger partial charge is 0.231 e. The number of anilines is 1. The predicted octanol–water partition coefficient (Wildman–Crippen LogP) is 0.327. The fourth-order valence-electron chi connectivity index (χ4n) is 2.50. The van der Waals surface area contributed by atoms with Gasteiger partial charge in [-0.1, -0.05) is 0 Å². The van der Waals surface area contributed by atoms with Crippen LogP contribution in [0, 0.1) is 25.2 Å². The maximum atomic E-state index is 10.9. The Kier molecular flexibility index (Phi) is 4.70. The molecule has 1 fully saturated rings. The average Bonchev–Trinajstić information content (AvgIpc) is 2.45. The molecule has 7 nitrogen and oxygen atoms in total. The summed E-state index contributed by atoms with van der Waals surface area (Å²) in [6.07, 6.45) is 1.76. The molecule has 1 aromatic rings. The lowest BCUT2D eigenvalue weighted by Gasteiger charge is -2.31. The Hall–Kier alpha value is -2.20. The number of nitrogens with zero attached hydrogens (tertiary/aromatic N) is 4. The Balaban J connectivity index is 2.00. The third kappa shape index (κ3) is 3.67. The van der Waals surface area contributed by atoms with Crippen LogP contribution in [0.3, 0.4) is 0 Å². The van der Waals surface area contributed by atoms with Gasteiger partial charge in [-0.05, 0) is 32.3 Å². The zero-order chi connectivity index (χ0) is 15.4. The Morgan fingerprint density at radius 3 is 2.67 bits per heavy atom. The van der Waals surface area contributed by atoms with Crippen molar-refractivity contribution in [3.8, 4) is 6.07 Å². The van der Waals surface area contributed by atoms with Crippen molar-refractivity contribution < 1.29 is 4.79 Å². The number of likely N-dealkylation sites (tertiary alicyclic amines) is 1. The van der Waals surface area contributed by atoms with E-state index in [4.69, 9.17) is 5.73 Å². The van der Waals surface area contributed by atoms with E-state index in [1.165, 1.54) is 0 Å². The second-order valence-electron chi connectivity index (χ2n) is 5.41. The summed E-state index contributed by atoms with van der Waals surface area (Å²) in [4.78, 5) is 12.9. The van der Waals surface area contributed by atoms with Crippen molar-refractivity contribution in [3.05, 3.63) is 16.8 Å². The van der Waals surface area contributed by atoms with Gasteiger partial charge in [0.1, 0.15) is 11.6 Å². The molecule has 0 bridgehead atoms. The first-order valence-electron chi connectivity index (χ1n) is 7.02. The molecule has 7 heteroatoms. The minimum atomic E-state index is -0.298. The summed E-state index contributed by atoms with van der Waals surface area (Å²) in [5.41, 5.74) is 7.39. The number of nitrogens with two attached hydrogens (primary N) is 1. The van der Waals surface area contributed by atoms with E-state index in [1.807, 2.05) is 18.7 Å². The zero-order valence-corrected chi connectivity index (χ0v) is 12.4. The first kappa shape index (κ1) is 15.2. The number of rotatable bonds is 4. The van der Waals surface area contributed by atoms with Crippen molar-refractivity contribution in [2.45, 2.75) is 32.7 Å². The van der Waals surface area contributed by atoms with Crippen LogP contribution in [0.2, 0.25) is 0 Å². The van der Waals surface area contributed by atoms with Gasteiger partial charge in [-0.2, -0.15) is 10.4 Å². The van der Waals surface area contributed by atoms with E-state index in [-0.39, 0.29) is 11.9 Å². The van der Waals surface area contributed by atoms with Crippen molar-refractivity contribution in [3.63, 3.8) is 0 Å². The number of amides is 1. The molecule has 1 amide bonds. The highest BCUT2D eigenvalue weighted by atomic mass is 16.1. The van der Waals surface area contributed by atoms with Crippen molar-refractivity contribution in [2.75, 3.05) is 25.0 Å². The summed E-state index contributed by atoms with van der Waals surface area (Å²) in [7, 11) is 0. The quantitative estimate of drug-likeness (QED) is 0.826. The highest BCUT2D eigenvalue weighted by Crippen LogP contribution is 2.20. The minimum Gasteiger partial charge on any atom is -0.369 e. The van der Waals surface area contributed by atoms with Crippen LogP contribution in [0.25, 0.3) is 0 Å². The monoisotopic (exact) mass is 288 g/mol. The number of hydrogen-bond acceptors (Lipinski definition) is 6. The Bertz CT molecular complexity index is 572. The van der Waals surface area contributed by atoms with Crippen LogP contribution in [0.15, 0.2) is 0 Å². The van der Waals surface area contributed by atoms with Crippen molar-refractivity contribution >= 4 is 11.7 Å². The fraction of sp³-hybridized carbons (Fsp3) is 0.571. The summed E-state index contributed by atoms with van der Waals surface area (Å²) < 4.78 is 0. The maximum Gasteiger partial charge on any atom is 0.231 e. The molecule has 0 spiro atoms. The number of nitrogens with one attached hydrogen (secondary N) is 1. The van der Waals surface area contributed by atoms with Crippen LogP contribution in [0.5, 0.6) is 0 Å². The van der Waals surface area contributed by atoms with Gasteiger partial charge in [0.25, 0.3) is 0 Å². The number of carbonyl (C=O) groups is 1. The van der Waals surface area contributed by atoms with Crippen LogP contribution in [0.4, 0.5) is 5.82 Å². The van der Waals surface area contributed by atoms with E-state index in [9.17, 15) is 10.1 Å².